The Kier molecular flexibility index (Phi) is 4.32. The van der Waals surface area contributed by atoms with E-state index in [1.165, 1.54) is 0 Å². The molecule has 4 nitrogen and oxygen atoms in total. The second-order valence-electron chi connectivity index (χ2n) is 4.00. The van der Waals surface area contributed by atoms with E-state index >= 15 is 0 Å². The number of phenolic OH excluding ortho intramolecular Hbond substituents is 1. The molecule has 1 fully saturated rings. The maximum Gasteiger partial charge on any atom is 0.140 e. The maximum absolute atomic E-state index is 10.5. The summed E-state index contributed by atoms with van der Waals surface area (Å²) in [6, 6.07) is 1.59. The van der Waals surface area contributed by atoms with E-state index in [-0.39, 0.29) is 17.2 Å². The number of rotatable bonds is 3. The van der Waals surface area contributed by atoms with Gasteiger partial charge in [0.25, 0.3) is 0 Å². The van der Waals surface area contributed by atoms with E-state index in [0.29, 0.717) is 48.9 Å². The summed E-state index contributed by atoms with van der Waals surface area (Å²) in [6.45, 7) is 2.55. The van der Waals surface area contributed by atoms with E-state index in [1.54, 1.807) is 6.07 Å². The Morgan fingerprint density at radius 3 is 2.67 bits per heavy atom. The molecule has 1 heterocycles. The lowest BCUT2D eigenvalue weighted by Gasteiger charge is -2.30. The molecule has 0 aromatic heterocycles. The molecule has 1 saturated heterocycles. The summed E-state index contributed by atoms with van der Waals surface area (Å²) in [6.07, 6.45) is 0.796. The molecular weight excluding hydrogens is 277 g/mol. The predicted octanol–water partition coefficient (Wildman–Crippen LogP) is 2.28. The summed E-state index contributed by atoms with van der Waals surface area (Å²) in [5.74, 6) is -0.0744. The van der Waals surface area contributed by atoms with Crippen LogP contribution in [0.4, 0.5) is 5.69 Å². The number of aldehydes is 1. The van der Waals surface area contributed by atoms with Crippen LogP contribution in [0.1, 0.15) is 5.56 Å². The average Bonchev–Trinajstić information content (AvgIpc) is 2.37. The first-order chi connectivity index (χ1) is 8.65. The highest BCUT2D eigenvalue weighted by molar-refractivity contribution is 6.40. The van der Waals surface area contributed by atoms with E-state index < -0.39 is 0 Å². The van der Waals surface area contributed by atoms with Gasteiger partial charge in [-0.3, -0.25) is 0 Å². The van der Waals surface area contributed by atoms with Crippen molar-refractivity contribution in [2.24, 2.45) is 0 Å². The number of nitrogens with zero attached hydrogens (tertiary/aromatic N) is 1. The highest BCUT2D eigenvalue weighted by atomic mass is 35.5. The average molecular weight is 290 g/mol. The Bertz CT molecular complexity index is 459. The van der Waals surface area contributed by atoms with Gasteiger partial charge in [-0.05, 0) is 6.07 Å². The van der Waals surface area contributed by atoms with Gasteiger partial charge in [-0.2, -0.15) is 0 Å². The van der Waals surface area contributed by atoms with Crippen LogP contribution in [0.15, 0.2) is 6.07 Å². The lowest BCUT2D eigenvalue weighted by atomic mass is 10.1. The van der Waals surface area contributed by atoms with Crippen molar-refractivity contribution in [3.8, 4) is 5.75 Å². The zero-order chi connectivity index (χ0) is 13.1. The second-order valence-corrected chi connectivity index (χ2v) is 4.78. The van der Waals surface area contributed by atoms with Gasteiger partial charge in [-0.15, -0.1) is 0 Å². The van der Waals surface area contributed by atoms with E-state index in [0.717, 1.165) is 0 Å². The van der Waals surface area contributed by atoms with Gasteiger partial charge < -0.3 is 19.5 Å². The molecule has 0 atom stereocenters. The first-order valence-corrected chi connectivity index (χ1v) is 6.37. The lowest BCUT2D eigenvalue weighted by Crippen LogP contribution is -2.36. The number of ether oxygens (including phenoxy) is 1. The number of hydrogen-bond acceptors (Lipinski definition) is 4. The molecular formula is C12H13Cl2NO3. The van der Waals surface area contributed by atoms with Crippen LogP contribution in [-0.2, 0) is 16.0 Å². The van der Waals surface area contributed by atoms with Crippen LogP contribution in [0.5, 0.6) is 5.75 Å². The fraction of sp³-hybridized carbons (Fsp3) is 0.417. The number of morpholine rings is 1. The van der Waals surface area contributed by atoms with Crippen molar-refractivity contribution in [3.63, 3.8) is 0 Å². The largest absolute Gasteiger partial charge is 0.506 e. The highest BCUT2D eigenvalue weighted by Crippen LogP contribution is 2.42. The SMILES string of the molecule is O=CCc1cc(Cl)c(N2CCOCC2)c(Cl)c1O. The number of aromatic hydroxyl groups is 1. The second kappa shape index (κ2) is 5.78. The number of halogens is 2. The smallest absolute Gasteiger partial charge is 0.140 e. The standard InChI is InChI=1S/C12H13Cl2NO3/c13-9-7-8(1-4-16)12(17)10(14)11(9)15-2-5-18-6-3-15/h4,7,17H,1-3,5-6H2. The number of hydrogen-bond donors (Lipinski definition) is 1. The zero-order valence-corrected chi connectivity index (χ0v) is 11.2. The summed E-state index contributed by atoms with van der Waals surface area (Å²) < 4.78 is 5.26. The molecule has 0 amide bonds. The van der Waals surface area contributed by atoms with E-state index in [2.05, 4.69) is 0 Å². The van der Waals surface area contributed by atoms with Crippen molar-refractivity contribution in [2.75, 3.05) is 31.2 Å². The monoisotopic (exact) mass is 289 g/mol. The third kappa shape index (κ3) is 2.55. The van der Waals surface area contributed by atoms with Gasteiger partial charge in [0.15, 0.2) is 0 Å². The number of phenols is 1. The summed E-state index contributed by atoms with van der Waals surface area (Å²) in [7, 11) is 0. The van der Waals surface area contributed by atoms with Gasteiger partial charge in [0.1, 0.15) is 17.1 Å². The Hall–Kier alpha value is -0.970. The van der Waals surface area contributed by atoms with Gasteiger partial charge in [-0.1, -0.05) is 23.2 Å². The highest BCUT2D eigenvalue weighted by Gasteiger charge is 2.21. The number of carbonyl (C=O) groups is 1. The number of benzene rings is 1. The molecule has 0 spiro atoms. The van der Waals surface area contributed by atoms with Crippen molar-refractivity contribution in [1.29, 1.82) is 0 Å². The normalized spacial score (nSPS) is 15.8. The van der Waals surface area contributed by atoms with Gasteiger partial charge in [0.2, 0.25) is 0 Å². The van der Waals surface area contributed by atoms with E-state index in [9.17, 15) is 9.90 Å². The molecule has 0 radical (unpaired) electrons. The van der Waals surface area contributed by atoms with Gasteiger partial charge in [0.05, 0.1) is 23.9 Å². The number of carbonyl (C=O) groups excluding carboxylic acids is 1. The van der Waals surface area contributed by atoms with Gasteiger partial charge in [-0.25, -0.2) is 0 Å². The Morgan fingerprint density at radius 2 is 2.06 bits per heavy atom. The number of anilines is 1. The lowest BCUT2D eigenvalue weighted by molar-refractivity contribution is -0.107. The predicted molar refractivity (Wildman–Crippen MR) is 70.9 cm³/mol. The summed E-state index contributed by atoms with van der Waals surface area (Å²) in [4.78, 5) is 12.5. The van der Waals surface area contributed by atoms with Crippen molar-refractivity contribution >= 4 is 35.2 Å². The fourth-order valence-corrected chi connectivity index (χ4v) is 2.71. The molecule has 2 rings (SSSR count). The first-order valence-electron chi connectivity index (χ1n) is 5.61. The Morgan fingerprint density at radius 1 is 1.39 bits per heavy atom. The quantitative estimate of drug-likeness (QED) is 0.868. The summed E-state index contributed by atoms with van der Waals surface area (Å²) >= 11 is 12.3. The minimum Gasteiger partial charge on any atom is -0.506 e. The Balaban J connectivity index is 2.41. The van der Waals surface area contributed by atoms with Crippen molar-refractivity contribution < 1.29 is 14.6 Å². The molecule has 1 aromatic carbocycles. The fourth-order valence-electron chi connectivity index (χ4n) is 1.97. The van der Waals surface area contributed by atoms with Crippen LogP contribution in [-0.4, -0.2) is 37.7 Å². The molecule has 1 aliphatic heterocycles. The molecule has 0 unspecified atom stereocenters. The molecule has 6 heteroatoms. The van der Waals surface area contributed by atoms with Crippen LogP contribution in [0, 0.1) is 0 Å². The molecule has 0 bridgehead atoms. The van der Waals surface area contributed by atoms with E-state index in [4.69, 9.17) is 27.9 Å². The molecule has 1 aliphatic rings. The Labute approximate surface area is 115 Å². The van der Waals surface area contributed by atoms with Crippen LogP contribution in [0.3, 0.4) is 0 Å². The molecule has 98 valence electrons. The van der Waals surface area contributed by atoms with Crippen molar-refractivity contribution in [2.45, 2.75) is 6.42 Å². The third-order valence-electron chi connectivity index (χ3n) is 2.88. The zero-order valence-electron chi connectivity index (χ0n) is 9.66. The van der Waals surface area contributed by atoms with Gasteiger partial charge in [0, 0.05) is 25.1 Å². The minimum absolute atomic E-state index is 0.0744. The summed E-state index contributed by atoms with van der Waals surface area (Å²) in [5.41, 5.74) is 1.05. The minimum atomic E-state index is -0.0744. The first kappa shape index (κ1) is 13.5. The van der Waals surface area contributed by atoms with Crippen molar-refractivity contribution in [3.05, 3.63) is 21.7 Å². The molecule has 0 aliphatic carbocycles. The van der Waals surface area contributed by atoms with E-state index in [1.807, 2.05) is 4.90 Å². The van der Waals surface area contributed by atoms with Gasteiger partial charge >= 0.3 is 0 Å². The topological polar surface area (TPSA) is 49.8 Å². The molecule has 1 aromatic rings. The molecule has 0 saturated carbocycles. The molecule has 1 N–H and O–H groups in total. The maximum atomic E-state index is 10.5. The summed E-state index contributed by atoms with van der Waals surface area (Å²) in [5, 5.41) is 10.6. The van der Waals surface area contributed by atoms with Crippen molar-refractivity contribution in [1.82, 2.24) is 0 Å². The molecule has 18 heavy (non-hydrogen) atoms. The van der Waals surface area contributed by atoms with Crippen LogP contribution in [0.25, 0.3) is 0 Å². The van der Waals surface area contributed by atoms with Crippen LogP contribution in [0.2, 0.25) is 10.0 Å². The third-order valence-corrected chi connectivity index (χ3v) is 3.52. The van der Waals surface area contributed by atoms with Crippen LogP contribution >= 0.6 is 23.2 Å². The van der Waals surface area contributed by atoms with Crippen LogP contribution < -0.4 is 4.90 Å².